The Morgan fingerprint density at radius 1 is 1.15 bits per heavy atom. The molecule has 0 bridgehead atoms. The second-order valence-corrected chi connectivity index (χ2v) is 5.84. The third-order valence-corrected chi connectivity index (χ3v) is 4.33. The van der Waals surface area contributed by atoms with E-state index in [1.165, 1.54) is 0 Å². The minimum Gasteiger partial charge on any atom is -0.359 e. The fourth-order valence-electron chi connectivity index (χ4n) is 2.75. The Bertz CT molecular complexity index is 723. The van der Waals surface area contributed by atoms with Crippen molar-refractivity contribution in [3.8, 4) is 0 Å². The molecule has 2 aromatic rings. The lowest BCUT2D eigenvalue weighted by Crippen LogP contribution is -2.57. The first-order chi connectivity index (χ1) is 9.34. The third kappa shape index (κ3) is 1.52. The molecule has 1 aliphatic rings. The quantitative estimate of drug-likeness (QED) is 0.736. The highest BCUT2D eigenvalue weighted by atomic mass is 16.2. The van der Waals surface area contributed by atoms with Gasteiger partial charge in [0.05, 0.1) is 23.3 Å². The summed E-state index contributed by atoms with van der Waals surface area (Å²) in [5.74, 6) is 0.0885. The van der Waals surface area contributed by atoms with E-state index in [9.17, 15) is 4.79 Å². The highest BCUT2D eigenvalue weighted by molar-refractivity contribution is 6.10. The van der Waals surface area contributed by atoms with Crippen LogP contribution in [0.2, 0.25) is 0 Å². The molecule has 0 saturated heterocycles. The molecule has 5 heteroatoms. The van der Waals surface area contributed by atoms with Crippen LogP contribution in [0.1, 0.15) is 19.5 Å². The van der Waals surface area contributed by atoms with E-state index in [4.69, 9.17) is 0 Å². The summed E-state index contributed by atoms with van der Waals surface area (Å²) < 4.78 is 0. The number of aryl methyl sites for hydroxylation is 1. The summed E-state index contributed by atoms with van der Waals surface area (Å²) in [6.45, 7) is 5.83. The van der Waals surface area contributed by atoms with Gasteiger partial charge in [0.2, 0.25) is 0 Å². The van der Waals surface area contributed by atoms with E-state index < -0.39 is 5.54 Å². The zero-order valence-corrected chi connectivity index (χ0v) is 12.4. The predicted octanol–water partition coefficient (Wildman–Crippen LogP) is 2.13. The van der Waals surface area contributed by atoms with Gasteiger partial charge in [0.25, 0.3) is 5.91 Å². The van der Waals surface area contributed by atoms with Gasteiger partial charge in [0.15, 0.2) is 0 Å². The van der Waals surface area contributed by atoms with E-state index in [-0.39, 0.29) is 5.91 Å². The van der Waals surface area contributed by atoms with Gasteiger partial charge in [-0.25, -0.2) is 0 Å². The van der Waals surface area contributed by atoms with Crippen molar-refractivity contribution in [3.05, 3.63) is 24.0 Å². The fraction of sp³-hybridized carbons (Fsp3) is 0.400. The highest BCUT2D eigenvalue weighted by Gasteiger charge is 2.41. The van der Waals surface area contributed by atoms with Crippen LogP contribution in [0.15, 0.2) is 18.3 Å². The van der Waals surface area contributed by atoms with Crippen LogP contribution in [0.3, 0.4) is 0 Å². The number of aromatic nitrogens is 2. The Kier molecular flexibility index (Phi) is 2.51. The molecule has 1 aliphatic heterocycles. The molecule has 20 heavy (non-hydrogen) atoms. The average Bonchev–Trinajstić information content (AvgIpc) is 2.43. The summed E-state index contributed by atoms with van der Waals surface area (Å²) in [5, 5.41) is 10.2. The largest absolute Gasteiger partial charge is 0.359 e. The number of nitrogens with zero attached hydrogens (tertiary/aromatic N) is 4. The van der Waals surface area contributed by atoms with Crippen LogP contribution in [0.4, 0.5) is 11.4 Å². The maximum Gasteiger partial charge on any atom is 0.252 e. The summed E-state index contributed by atoms with van der Waals surface area (Å²) in [6.07, 6.45) is 1.74. The van der Waals surface area contributed by atoms with Gasteiger partial charge < -0.3 is 9.80 Å². The van der Waals surface area contributed by atoms with Crippen LogP contribution in [0.25, 0.3) is 10.8 Å². The van der Waals surface area contributed by atoms with E-state index >= 15 is 0 Å². The normalized spacial score (nSPS) is 17.6. The number of amides is 1. The van der Waals surface area contributed by atoms with Gasteiger partial charge in [0, 0.05) is 24.9 Å². The van der Waals surface area contributed by atoms with Crippen LogP contribution in [-0.2, 0) is 4.79 Å². The molecular weight excluding hydrogens is 252 g/mol. The molecular formula is C15H18N4O. The van der Waals surface area contributed by atoms with Gasteiger partial charge in [-0.15, -0.1) is 0 Å². The molecule has 3 rings (SSSR count). The fourth-order valence-corrected chi connectivity index (χ4v) is 2.75. The molecule has 1 aromatic carbocycles. The van der Waals surface area contributed by atoms with E-state index in [1.54, 1.807) is 11.1 Å². The van der Waals surface area contributed by atoms with Crippen LogP contribution in [-0.4, -0.2) is 35.7 Å². The molecule has 0 unspecified atom stereocenters. The van der Waals surface area contributed by atoms with Gasteiger partial charge >= 0.3 is 0 Å². The molecule has 0 radical (unpaired) electrons. The number of carbonyl (C=O) groups excluding carboxylic acids is 1. The molecule has 0 spiro atoms. The van der Waals surface area contributed by atoms with E-state index in [2.05, 4.69) is 16.3 Å². The molecule has 104 valence electrons. The maximum absolute atomic E-state index is 12.5. The lowest BCUT2D eigenvalue weighted by molar-refractivity contribution is -0.122. The minimum absolute atomic E-state index is 0.0885. The summed E-state index contributed by atoms with van der Waals surface area (Å²) in [6, 6.07) is 4.11. The lowest BCUT2D eigenvalue weighted by atomic mass is 9.94. The first-order valence-electron chi connectivity index (χ1n) is 6.62. The van der Waals surface area contributed by atoms with Crippen molar-refractivity contribution < 1.29 is 4.79 Å². The predicted molar refractivity (Wildman–Crippen MR) is 80.2 cm³/mol. The Morgan fingerprint density at radius 3 is 2.55 bits per heavy atom. The number of fused-ring (bicyclic) bond motifs is 2. The van der Waals surface area contributed by atoms with Crippen molar-refractivity contribution in [1.29, 1.82) is 0 Å². The number of hydrogen-bond donors (Lipinski definition) is 0. The van der Waals surface area contributed by atoms with Crippen molar-refractivity contribution in [2.45, 2.75) is 26.3 Å². The molecule has 1 aromatic heterocycles. The first kappa shape index (κ1) is 12.8. The Labute approximate surface area is 118 Å². The third-order valence-electron chi connectivity index (χ3n) is 4.33. The topological polar surface area (TPSA) is 49.3 Å². The van der Waals surface area contributed by atoms with Gasteiger partial charge in [-0.1, -0.05) is 0 Å². The number of rotatable bonds is 0. The number of hydrogen-bond acceptors (Lipinski definition) is 4. The average molecular weight is 270 g/mol. The van der Waals surface area contributed by atoms with Crippen LogP contribution < -0.4 is 9.80 Å². The Balaban J connectivity index is 2.34. The van der Waals surface area contributed by atoms with Gasteiger partial charge in [-0.2, -0.15) is 10.2 Å². The molecule has 0 saturated carbocycles. The van der Waals surface area contributed by atoms with Gasteiger partial charge in [-0.3, -0.25) is 4.79 Å². The smallest absolute Gasteiger partial charge is 0.252 e. The van der Waals surface area contributed by atoms with E-state index in [0.29, 0.717) is 0 Å². The highest BCUT2D eigenvalue weighted by Crippen LogP contribution is 2.41. The number of carbonyl (C=O) groups is 1. The van der Waals surface area contributed by atoms with Gasteiger partial charge in [0.1, 0.15) is 5.54 Å². The molecule has 0 fully saturated rings. The lowest BCUT2D eigenvalue weighted by Gasteiger charge is -2.45. The Hall–Kier alpha value is -2.17. The zero-order chi connectivity index (χ0) is 14.7. The summed E-state index contributed by atoms with van der Waals surface area (Å²) in [5.41, 5.74) is 2.30. The summed E-state index contributed by atoms with van der Waals surface area (Å²) >= 11 is 0. The number of benzene rings is 1. The first-order valence-corrected chi connectivity index (χ1v) is 6.62. The van der Waals surface area contributed by atoms with E-state index in [0.717, 1.165) is 27.8 Å². The molecule has 5 nitrogen and oxygen atoms in total. The Morgan fingerprint density at radius 2 is 1.85 bits per heavy atom. The molecule has 0 aliphatic carbocycles. The maximum atomic E-state index is 12.5. The van der Waals surface area contributed by atoms with Crippen molar-refractivity contribution in [1.82, 2.24) is 10.2 Å². The summed E-state index contributed by atoms with van der Waals surface area (Å²) in [4.78, 5) is 16.2. The monoisotopic (exact) mass is 270 g/mol. The van der Waals surface area contributed by atoms with Crippen molar-refractivity contribution in [3.63, 3.8) is 0 Å². The van der Waals surface area contributed by atoms with Crippen molar-refractivity contribution in [2.75, 3.05) is 23.9 Å². The van der Waals surface area contributed by atoms with E-state index in [1.807, 2.05) is 45.8 Å². The standard InChI is InChI=1S/C15H18N4O/c1-9-11-7-13-12(6-10(11)8-16-17-9)18(4)14(20)15(2,3)19(13)5/h6-8H,1-5H3. The van der Waals surface area contributed by atoms with Crippen molar-refractivity contribution in [2.24, 2.45) is 0 Å². The molecule has 1 amide bonds. The SMILES string of the molecule is Cc1nncc2cc3c(cc12)N(C)C(C)(C)C(=O)N3C. The minimum atomic E-state index is -0.552. The van der Waals surface area contributed by atoms with Crippen LogP contribution >= 0.6 is 0 Å². The molecule has 2 heterocycles. The van der Waals surface area contributed by atoms with Crippen molar-refractivity contribution >= 4 is 28.1 Å². The molecule has 0 atom stereocenters. The second-order valence-electron chi connectivity index (χ2n) is 5.84. The van der Waals surface area contributed by atoms with Crippen LogP contribution in [0, 0.1) is 6.92 Å². The second kappa shape index (κ2) is 3.91. The number of likely N-dealkylation sites (N-methyl/N-ethyl adjacent to an activating group) is 2. The number of anilines is 2. The zero-order valence-electron chi connectivity index (χ0n) is 12.4. The van der Waals surface area contributed by atoms with Gasteiger partial charge in [-0.05, 0) is 32.9 Å². The van der Waals surface area contributed by atoms with Crippen LogP contribution in [0.5, 0.6) is 0 Å². The summed E-state index contributed by atoms with van der Waals surface area (Å²) in [7, 11) is 3.78. The molecule has 0 N–H and O–H groups in total.